The summed E-state index contributed by atoms with van der Waals surface area (Å²) in [4.78, 5) is 0. The van der Waals surface area contributed by atoms with E-state index in [1.165, 1.54) is 29.2 Å². The number of para-hydroxylation sites is 1. The Hall–Kier alpha value is -0.671. The number of hydrogen-bond acceptors (Lipinski definition) is 2. The molecule has 86 valence electrons. The molecule has 0 aliphatic rings. The van der Waals surface area contributed by atoms with Gasteiger partial charge in [-0.05, 0) is 0 Å². The van der Waals surface area contributed by atoms with Crippen LogP contribution >= 0.6 is 22.7 Å². The van der Waals surface area contributed by atoms with E-state index in [0.29, 0.717) is 0 Å². The second-order valence-corrected chi connectivity index (χ2v) is 8.28. The second-order valence-electron chi connectivity index (χ2n) is 3.95. The van der Waals surface area contributed by atoms with E-state index in [1.807, 2.05) is 22.7 Å². The summed E-state index contributed by atoms with van der Waals surface area (Å²) < 4.78 is 6.47. The van der Waals surface area contributed by atoms with E-state index in [-0.39, 0.29) is 0 Å². The molecule has 0 atom stereocenters. The maximum atomic E-state index is 3.12. The van der Waals surface area contributed by atoms with E-state index in [1.54, 1.807) is 0 Å². The summed E-state index contributed by atoms with van der Waals surface area (Å²) in [5.41, 5.74) is 3.93. The van der Waals surface area contributed by atoms with Crippen molar-refractivity contribution in [3.8, 4) is 5.69 Å². The van der Waals surface area contributed by atoms with Crippen LogP contribution in [0.25, 0.3) is 15.1 Å². The Morgan fingerprint density at radius 3 is 2.00 bits per heavy atom. The summed E-state index contributed by atoms with van der Waals surface area (Å²) >= 11 is 6.82. The van der Waals surface area contributed by atoms with Crippen molar-refractivity contribution in [2.45, 2.75) is 13.8 Å². The quantitative estimate of drug-likeness (QED) is 0.595. The van der Waals surface area contributed by atoms with Gasteiger partial charge in [-0.1, -0.05) is 0 Å². The molecule has 0 radical (unpaired) electrons. The van der Waals surface area contributed by atoms with E-state index in [9.17, 15) is 0 Å². The molecule has 2 aromatic heterocycles. The van der Waals surface area contributed by atoms with Gasteiger partial charge in [-0.25, -0.2) is 0 Å². The van der Waals surface area contributed by atoms with Crippen LogP contribution in [0.4, 0.5) is 0 Å². The number of benzene rings is 1. The molecule has 17 heavy (non-hydrogen) atoms. The Morgan fingerprint density at radius 2 is 1.47 bits per heavy atom. The molecule has 0 spiro atoms. The predicted molar refractivity (Wildman–Crippen MR) is 77.5 cm³/mol. The van der Waals surface area contributed by atoms with Crippen LogP contribution in [0.5, 0.6) is 0 Å². The number of aromatic nitrogens is 1. The molecule has 0 amide bonds. The van der Waals surface area contributed by atoms with E-state index < -0.39 is 0 Å². The third-order valence-electron chi connectivity index (χ3n) is 2.92. The van der Waals surface area contributed by atoms with Crippen LogP contribution in [-0.2, 0) is 0 Å². The number of aryl methyl sites for hydroxylation is 2. The number of hydrogen-bond donors (Lipinski definition) is 0. The summed E-state index contributed by atoms with van der Waals surface area (Å²) in [5, 5.41) is 0. The summed E-state index contributed by atoms with van der Waals surface area (Å²) in [6.45, 7) is 4.40. The minimum atomic E-state index is 1.25. The first kappa shape index (κ1) is 11.4. The van der Waals surface area contributed by atoms with Crippen molar-refractivity contribution in [3.63, 3.8) is 0 Å². The van der Waals surface area contributed by atoms with Crippen molar-refractivity contribution in [2.24, 2.45) is 0 Å². The Bertz CT molecular complexity index is 693. The Labute approximate surface area is 116 Å². The standard InChI is InChI=1S/C13H11NS2Se/c1-8-11-12(16-13(17)15-11)9(2)14(8)10-6-4-3-5-7-10/h3-7H,1-2H3. The van der Waals surface area contributed by atoms with Gasteiger partial charge in [0.15, 0.2) is 0 Å². The number of fused-ring (bicyclic) bond motifs is 1. The molecule has 1 nitrogen and oxygen atoms in total. The van der Waals surface area contributed by atoms with Crippen LogP contribution in [0.2, 0.25) is 0 Å². The molecule has 4 heteroatoms. The van der Waals surface area contributed by atoms with Gasteiger partial charge in [0.25, 0.3) is 0 Å². The third kappa shape index (κ3) is 1.76. The van der Waals surface area contributed by atoms with Gasteiger partial charge < -0.3 is 0 Å². The van der Waals surface area contributed by atoms with Gasteiger partial charge in [0.2, 0.25) is 0 Å². The molecule has 0 unspecified atom stereocenters. The number of nitrogens with zero attached hydrogens (tertiary/aromatic N) is 1. The first-order chi connectivity index (χ1) is 8.18. The predicted octanol–water partition coefficient (Wildman–Crippen LogP) is 4.07. The van der Waals surface area contributed by atoms with E-state index in [2.05, 4.69) is 64.3 Å². The molecule has 2 heterocycles. The van der Waals surface area contributed by atoms with Crippen molar-refractivity contribution in [1.82, 2.24) is 4.57 Å². The molecule has 0 N–H and O–H groups in total. The van der Waals surface area contributed by atoms with Crippen molar-refractivity contribution < 1.29 is 0 Å². The van der Waals surface area contributed by atoms with E-state index in [0.717, 1.165) is 0 Å². The fraction of sp³-hybridized carbons (Fsp3) is 0.154. The van der Waals surface area contributed by atoms with E-state index >= 15 is 0 Å². The van der Waals surface area contributed by atoms with Crippen LogP contribution in [0.1, 0.15) is 11.4 Å². The maximum absolute atomic E-state index is 3.12. The summed E-state index contributed by atoms with van der Waals surface area (Å²) in [6, 6.07) is 10.6. The molecule has 0 aliphatic heterocycles. The Morgan fingerprint density at radius 1 is 0.941 bits per heavy atom. The molecule has 0 saturated carbocycles. The van der Waals surface area contributed by atoms with Crippen LogP contribution in [0, 0.1) is 16.5 Å². The fourth-order valence-electron chi connectivity index (χ4n) is 2.18. The summed E-state index contributed by atoms with van der Waals surface area (Å²) in [5.74, 6) is 0. The minimum absolute atomic E-state index is 1.25. The van der Waals surface area contributed by atoms with Crippen molar-refractivity contribution in [3.05, 3.63) is 44.4 Å². The first-order valence-corrected chi connectivity index (χ1v) is 7.84. The topological polar surface area (TPSA) is 4.93 Å². The second kappa shape index (κ2) is 4.21. The van der Waals surface area contributed by atoms with E-state index in [4.69, 9.17) is 0 Å². The molecule has 0 bridgehead atoms. The number of rotatable bonds is 1. The first-order valence-electron chi connectivity index (χ1n) is 5.35. The van der Waals surface area contributed by atoms with Crippen LogP contribution in [-0.4, -0.2) is 20.1 Å². The molecule has 0 aliphatic carbocycles. The molecule has 1 aromatic carbocycles. The Kier molecular flexibility index (Phi) is 2.83. The van der Waals surface area contributed by atoms with Gasteiger partial charge in [0, 0.05) is 0 Å². The SMILES string of the molecule is Cc1c2sc(=[Se])sc2c(C)n1-c1ccccc1. The van der Waals surface area contributed by atoms with Gasteiger partial charge in [-0.3, -0.25) is 0 Å². The Balaban J connectivity index is 2.38. The van der Waals surface area contributed by atoms with Crippen molar-refractivity contribution in [1.29, 1.82) is 0 Å². The zero-order chi connectivity index (χ0) is 12.0. The molecule has 3 aromatic rings. The molecule has 0 saturated heterocycles. The van der Waals surface area contributed by atoms with Gasteiger partial charge >= 0.3 is 116 Å². The zero-order valence-corrected chi connectivity index (χ0v) is 12.9. The van der Waals surface area contributed by atoms with Crippen LogP contribution in [0.3, 0.4) is 0 Å². The van der Waals surface area contributed by atoms with Crippen LogP contribution < -0.4 is 0 Å². The average molecular weight is 324 g/mol. The van der Waals surface area contributed by atoms with Gasteiger partial charge in [0.05, 0.1) is 0 Å². The summed E-state index contributed by atoms with van der Waals surface area (Å²) in [6.07, 6.45) is 0. The molecule has 3 rings (SSSR count). The summed E-state index contributed by atoms with van der Waals surface area (Å²) in [7, 11) is 0. The normalized spacial score (nSPS) is 11.2. The fourth-order valence-corrected chi connectivity index (χ4v) is 5.43. The van der Waals surface area contributed by atoms with Crippen LogP contribution in [0.15, 0.2) is 30.3 Å². The van der Waals surface area contributed by atoms with Crippen molar-refractivity contribution >= 4 is 47.6 Å². The van der Waals surface area contributed by atoms with Crippen molar-refractivity contribution in [2.75, 3.05) is 0 Å². The molecule has 0 fully saturated rings. The average Bonchev–Trinajstić information content (AvgIpc) is 2.81. The molecular weight excluding hydrogens is 313 g/mol. The zero-order valence-electron chi connectivity index (χ0n) is 9.56. The molecular formula is C13H11NS2Se. The van der Waals surface area contributed by atoms with Gasteiger partial charge in [-0.15, -0.1) is 0 Å². The van der Waals surface area contributed by atoms with Gasteiger partial charge in [-0.2, -0.15) is 0 Å². The van der Waals surface area contributed by atoms with Gasteiger partial charge in [0.1, 0.15) is 0 Å². The monoisotopic (exact) mass is 325 g/mol. The third-order valence-corrected chi connectivity index (χ3v) is 6.34.